The molecule has 7 heteroatoms. The van der Waals surface area contributed by atoms with Crippen LogP contribution in [0.1, 0.15) is 63.8 Å². The maximum Gasteiger partial charge on any atom is 0.255 e. The number of hydrogen-bond acceptors (Lipinski definition) is 4. The van der Waals surface area contributed by atoms with Crippen molar-refractivity contribution < 1.29 is 19.1 Å². The SMILES string of the molecule is CC[C@@H](C)N1CC(=O)N2C[C@@H](c3ccc(OC(C)C)c(OC)c3)c3c([nH]c4ccccc34)[C@@]2(C)C1=O. The third-order valence-corrected chi connectivity index (χ3v) is 7.85. The summed E-state index contributed by atoms with van der Waals surface area (Å²) in [4.78, 5) is 34.7. The largest absolute Gasteiger partial charge is 0.493 e. The molecule has 2 aliphatic rings. The van der Waals surface area contributed by atoms with Crippen LogP contribution in [0.3, 0.4) is 0 Å². The predicted octanol–water partition coefficient (Wildman–Crippen LogP) is 4.79. The van der Waals surface area contributed by atoms with Crippen molar-refractivity contribution in [2.24, 2.45) is 0 Å². The molecule has 5 rings (SSSR count). The van der Waals surface area contributed by atoms with Gasteiger partial charge in [-0.2, -0.15) is 0 Å². The zero-order valence-corrected chi connectivity index (χ0v) is 21.9. The van der Waals surface area contributed by atoms with E-state index in [9.17, 15) is 9.59 Å². The number of carbonyl (C=O) groups excluding carboxylic acids is 2. The molecule has 1 fully saturated rings. The number of fused-ring (bicyclic) bond motifs is 5. The maximum absolute atomic E-state index is 14.0. The van der Waals surface area contributed by atoms with Gasteiger partial charge in [-0.1, -0.05) is 31.2 Å². The van der Waals surface area contributed by atoms with Crippen LogP contribution in [0, 0.1) is 0 Å². The molecular weight excluding hydrogens is 454 g/mol. The van der Waals surface area contributed by atoms with E-state index in [-0.39, 0.29) is 36.4 Å². The van der Waals surface area contributed by atoms with Gasteiger partial charge in [0.2, 0.25) is 5.91 Å². The molecule has 0 saturated carbocycles. The molecule has 0 radical (unpaired) electrons. The van der Waals surface area contributed by atoms with Crippen molar-refractivity contribution in [3.63, 3.8) is 0 Å². The fraction of sp³-hybridized carbons (Fsp3) is 0.448. The summed E-state index contributed by atoms with van der Waals surface area (Å²) in [6, 6.07) is 14.1. The molecule has 36 heavy (non-hydrogen) atoms. The average Bonchev–Trinajstić information content (AvgIpc) is 3.26. The van der Waals surface area contributed by atoms with Crippen LogP contribution >= 0.6 is 0 Å². The number of hydrogen-bond donors (Lipinski definition) is 1. The number of methoxy groups -OCH3 is 1. The molecular formula is C29H35N3O4. The number of rotatable bonds is 6. The first-order chi connectivity index (χ1) is 17.2. The number of benzene rings is 2. The van der Waals surface area contributed by atoms with Crippen LogP contribution in [0.2, 0.25) is 0 Å². The second-order valence-electron chi connectivity index (χ2n) is 10.4. The van der Waals surface area contributed by atoms with Crippen LogP contribution < -0.4 is 9.47 Å². The fourth-order valence-electron chi connectivity index (χ4n) is 5.76. The molecule has 1 N–H and O–H groups in total. The number of ether oxygens (including phenoxy) is 2. The lowest BCUT2D eigenvalue weighted by atomic mass is 9.76. The van der Waals surface area contributed by atoms with E-state index in [1.165, 1.54) is 0 Å². The van der Waals surface area contributed by atoms with Gasteiger partial charge in [0.25, 0.3) is 5.91 Å². The Morgan fingerprint density at radius 2 is 1.86 bits per heavy atom. The normalized spacial score (nSPS) is 22.6. The van der Waals surface area contributed by atoms with Crippen LogP contribution in [0.15, 0.2) is 42.5 Å². The highest BCUT2D eigenvalue weighted by Crippen LogP contribution is 2.49. The standard InChI is InChI=1S/C29H35N3O4/c1-7-18(4)31-16-25(33)32-15-21(19-12-13-23(36-17(2)3)24(14-19)35-6)26-20-10-8-9-11-22(20)30-27(26)29(32,5)28(31)34/h8-14,17-18,21,30H,7,15-16H2,1-6H3/t18-,21+,29+/m1/s1. The first-order valence-corrected chi connectivity index (χ1v) is 12.8. The molecule has 2 amide bonds. The molecule has 1 saturated heterocycles. The summed E-state index contributed by atoms with van der Waals surface area (Å²) >= 11 is 0. The van der Waals surface area contributed by atoms with Crippen molar-refractivity contribution in [1.29, 1.82) is 0 Å². The van der Waals surface area contributed by atoms with E-state index in [1.54, 1.807) is 16.9 Å². The molecule has 7 nitrogen and oxygen atoms in total. The Hall–Kier alpha value is -3.48. The molecule has 1 aromatic heterocycles. The first kappa shape index (κ1) is 24.2. The van der Waals surface area contributed by atoms with Crippen LogP contribution in [-0.2, 0) is 15.1 Å². The molecule has 2 aromatic carbocycles. The molecule has 0 spiro atoms. The van der Waals surface area contributed by atoms with Crippen LogP contribution in [-0.4, -0.2) is 58.9 Å². The summed E-state index contributed by atoms with van der Waals surface area (Å²) < 4.78 is 11.6. The highest BCUT2D eigenvalue weighted by atomic mass is 16.5. The zero-order valence-electron chi connectivity index (χ0n) is 21.9. The molecule has 190 valence electrons. The highest BCUT2D eigenvalue weighted by molar-refractivity contribution is 6.01. The van der Waals surface area contributed by atoms with Gasteiger partial charge in [-0.3, -0.25) is 9.59 Å². The smallest absolute Gasteiger partial charge is 0.255 e. The number of piperazine rings is 1. The van der Waals surface area contributed by atoms with Gasteiger partial charge in [0, 0.05) is 29.4 Å². The lowest BCUT2D eigenvalue weighted by Gasteiger charge is -2.52. The van der Waals surface area contributed by atoms with E-state index in [4.69, 9.17) is 9.47 Å². The number of H-pyrrole nitrogens is 1. The summed E-state index contributed by atoms with van der Waals surface area (Å²) in [6.45, 7) is 10.4. The lowest BCUT2D eigenvalue weighted by molar-refractivity contribution is -0.168. The Balaban J connectivity index is 1.70. The maximum atomic E-state index is 14.0. The minimum absolute atomic E-state index is 0.0104. The average molecular weight is 490 g/mol. The lowest BCUT2D eigenvalue weighted by Crippen LogP contribution is -2.68. The van der Waals surface area contributed by atoms with Crippen molar-refractivity contribution >= 4 is 22.7 Å². The van der Waals surface area contributed by atoms with Gasteiger partial charge in [-0.15, -0.1) is 0 Å². The number of nitrogens with one attached hydrogen (secondary N) is 1. The quantitative estimate of drug-likeness (QED) is 0.540. The second-order valence-corrected chi connectivity index (χ2v) is 10.4. The van der Waals surface area contributed by atoms with E-state index in [0.29, 0.717) is 18.0 Å². The van der Waals surface area contributed by atoms with E-state index in [2.05, 4.69) is 11.1 Å². The van der Waals surface area contributed by atoms with Crippen molar-refractivity contribution in [3.8, 4) is 11.5 Å². The predicted molar refractivity (Wildman–Crippen MR) is 139 cm³/mol. The number of aromatic amines is 1. The second kappa shape index (κ2) is 8.87. The molecule has 3 heterocycles. The molecule has 0 unspecified atom stereocenters. The van der Waals surface area contributed by atoms with Crippen LogP contribution in [0.25, 0.3) is 10.9 Å². The summed E-state index contributed by atoms with van der Waals surface area (Å²) in [5.41, 5.74) is 2.75. The van der Waals surface area contributed by atoms with Gasteiger partial charge in [-0.25, -0.2) is 0 Å². The molecule has 3 aromatic rings. The first-order valence-electron chi connectivity index (χ1n) is 12.8. The summed E-state index contributed by atoms with van der Waals surface area (Å²) in [5.74, 6) is 1.15. The van der Waals surface area contributed by atoms with Crippen molar-refractivity contribution in [3.05, 3.63) is 59.3 Å². The van der Waals surface area contributed by atoms with E-state index >= 15 is 0 Å². The Morgan fingerprint density at radius 1 is 1.11 bits per heavy atom. The number of carbonyl (C=O) groups is 2. The Kier molecular flexibility index (Phi) is 5.97. The van der Waals surface area contributed by atoms with Gasteiger partial charge in [-0.05, 0) is 63.4 Å². The summed E-state index contributed by atoms with van der Waals surface area (Å²) in [5, 5.41) is 1.07. The fourth-order valence-corrected chi connectivity index (χ4v) is 5.76. The third kappa shape index (κ3) is 3.55. The van der Waals surface area contributed by atoms with Crippen molar-refractivity contribution in [2.45, 2.75) is 64.6 Å². The van der Waals surface area contributed by atoms with Crippen molar-refractivity contribution in [1.82, 2.24) is 14.8 Å². The molecule has 0 aliphatic carbocycles. The number of aromatic nitrogens is 1. The molecule has 2 aliphatic heterocycles. The van der Waals surface area contributed by atoms with Crippen molar-refractivity contribution in [2.75, 3.05) is 20.2 Å². The topological polar surface area (TPSA) is 74.9 Å². The van der Waals surface area contributed by atoms with Gasteiger partial charge in [0.1, 0.15) is 6.54 Å². The monoisotopic (exact) mass is 489 g/mol. The van der Waals surface area contributed by atoms with Gasteiger partial charge in [0.05, 0.1) is 18.9 Å². The number of nitrogens with zero attached hydrogens (tertiary/aromatic N) is 2. The number of amides is 2. The zero-order chi connectivity index (χ0) is 25.8. The summed E-state index contributed by atoms with van der Waals surface area (Å²) in [6.07, 6.45) is 0.813. The van der Waals surface area contributed by atoms with Gasteiger partial charge < -0.3 is 24.3 Å². The van der Waals surface area contributed by atoms with Crippen LogP contribution in [0.4, 0.5) is 0 Å². The minimum Gasteiger partial charge on any atom is -0.493 e. The van der Waals surface area contributed by atoms with Gasteiger partial charge in [0.15, 0.2) is 17.0 Å². The molecule has 3 atom stereocenters. The third-order valence-electron chi connectivity index (χ3n) is 7.85. The molecule has 0 bridgehead atoms. The Morgan fingerprint density at radius 3 is 2.56 bits per heavy atom. The van der Waals surface area contributed by atoms with E-state index in [1.807, 2.05) is 71.0 Å². The van der Waals surface area contributed by atoms with Crippen LogP contribution in [0.5, 0.6) is 11.5 Å². The Bertz CT molecular complexity index is 1330. The van der Waals surface area contributed by atoms with E-state index in [0.717, 1.165) is 34.1 Å². The highest BCUT2D eigenvalue weighted by Gasteiger charge is 2.56. The minimum atomic E-state index is -1.09. The van der Waals surface area contributed by atoms with E-state index < -0.39 is 5.54 Å². The Labute approximate surface area is 212 Å². The van der Waals surface area contributed by atoms with Gasteiger partial charge >= 0.3 is 0 Å². The summed E-state index contributed by atoms with van der Waals surface area (Å²) in [7, 11) is 1.64. The number of para-hydroxylation sites is 1.